The van der Waals surface area contributed by atoms with Gasteiger partial charge in [0.2, 0.25) is 0 Å². The molecule has 3 aromatic rings. The average Bonchev–Trinajstić information content (AvgIpc) is 2.97. The van der Waals surface area contributed by atoms with Crippen LogP contribution in [0.1, 0.15) is 5.56 Å². The number of amides is 1. The van der Waals surface area contributed by atoms with E-state index >= 15 is 0 Å². The van der Waals surface area contributed by atoms with E-state index in [1.54, 1.807) is 12.1 Å². The molecule has 0 fully saturated rings. The van der Waals surface area contributed by atoms with Gasteiger partial charge >= 0.3 is 5.76 Å². The van der Waals surface area contributed by atoms with Gasteiger partial charge in [0.15, 0.2) is 5.82 Å². The smallest absolute Gasteiger partial charge is 0.295 e. The van der Waals surface area contributed by atoms with Gasteiger partial charge in [-0.2, -0.15) is 5.10 Å². The molecular formula is C17H14N4O3. The Morgan fingerprint density at radius 1 is 1.12 bits per heavy atom. The van der Waals surface area contributed by atoms with Gasteiger partial charge < -0.3 is 0 Å². The van der Waals surface area contributed by atoms with Crippen LogP contribution in [0.25, 0.3) is 11.4 Å². The number of hydrazone groups is 1. The summed E-state index contributed by atoms with van der Waals surface area (Å²) in [7, 11) is 0. The van der Waals surface area contributed by atoms with Crippen molar-refractivity contribution in [3.8, 4) is 11.4 Å². The number of hydrogen-bond acceptors (Lipinski definition) is 5. The highest BCUT2D eigenvalue weighted by molar-refractivity contribution is 5.82. The first-order valence-corrected chi connectivity index (χ1v) is 7.23. The summed E-state index contributed by atoms with van der Waals surface area (Å²) in [4.78, 5) is 23.7. The molecule has 1 heterocycles. The Morgan fingerprint density at radius 2 is 1.79 bits per heavy atom. The van der Waals surface area contributed by atoms with Crippen molar-refractivity contribution in [3.63, 3.8) is 0 Å². The van der Waals surface area contributed by atoms with Crippen molar-refractivity contribution in [2.75, 3.05) is 0 Å². The number of carbonyl (C=O) groups is 1. The Bertz CT molecular complexity index is 898. The van der Waals surface area contributed by atoms with E-state index in [4.69, 9.17) is 0 Å². The number of carbonyl (C=O) groups excluding carboxylic acids is 1. The first kappa shape index (κ1) is 15.4. The lowest BCUT2D eigenvalue weighted by atomic mass is 10.2. The van der Waals surface area contributed by atoms with Crippen LogP contribution < -0.4 is 11.2 Å². The molecule has 0 aliphatic carbocycles. The quantitative estimate of drug-likeness (QED) is 0.571. The van der Waals surface area contributed by atoms with Crippen LogP contribution in [0.5, 0.6) is 0 Å². The predicted molar refractivity (Wildman–Crippen MR) is 88.4 cm³/mol. The fourth-order valence-electron chi connectivity index (χ4n) is 2.10. The second-order valence-electron chi connectivity index (χ2n) is 4.93. The van der Waals surface area contributed by atoms with Crippen molar-refractivity contribution >= 4 is 12.1 Å². The van der Waals surface area contributed by atoms with Crippen molar-refractivity contribution in [3.05, 3.63) is 76.8 Å². The standard InChI is InChI=1S/C17H14N4O3/c22-15(19-18-11-13-7-3-1-4-8-13)12-21-16(20-24-17(21)23)14-9-5-2-6-10-14/h1-11H,12H2,(H,19,22)/b18-11+. The van der Waals surface area contributed by atoms with Crippen molar-refractivity contribution < 1.29 is 9.32 Å². The molecule has 7 heteroatoms. The lowest BCUT2D eigenvalue weighted by molar-refractivity contribution is -0.121. The maximum Gasteiger partial charge on any atom is 0.442 e. The summed E-state index contributed by atoms with van der Waals surface area (Å²) < 4.78 is 5.82. The minimum absolute atomic E-state index is 0.237. The van der Waals surface area contributed by atoms with Crippen molar-refractivity contribution in [2.24, 2.45) is 5.10 Å². The highest BCUT2D eigenvalue weighted by atomic mass is 16.5. The molecule has 3 rings (SSSR count). The fourth-order valence-corrected chi connectivity index (χ4v) is 2.10. The Labute approximate surface area is 137 Å². The Kier molecular flexibility index (Phi) is 4.62. The molecule has 0 spiro atoms. The summed E-state index contributed by atoms with van der Waals surface area (Å²) >= 11 is 0. The van der Waals surface area contributed by atoms with Crippen LogP contribution >= 0.6 is 0 Å². The van der Waals surface area contributed by atoms with Crippen molar-refractivity contribution in [1.29, 1.82) is 0 Å². The number of hydrogen-bond donors (Lipinski definition) is 1. The van der Waals surface area contributed by atoms with E-state index in [1.165, 1.54) is 6.21 Å². The zero-order valence-corrected chi connectivity index (χ0v) is 12.6. The Balaban J connectivity index is 1.70. The normalized spacial score (nSPS) is 10.8. The lowest BCUT2D eigenvalue weighted by Gasteiger charge is -2.03. The largest absolute Gasteiger partial charge is 0.442 e. The highest BCUT2D eigenvalue weighted by Crippen LogP contribution is 2.14. The van der Waals surface area contributed by atoms with Gasteiger partial charge in [0.05, 0.1) is 6.21 Å². The number of benzene rings is 2. The maximum atomic E-state index is 12.0. The number of rotatable bonds is 5. The molecule has 2 aromatic carbocycles. The van der Waals surface area contributed by atoms with Crippen LogP contribution in [0.15, 0.2) is 75.1 Å². The molecule has 0 unspecified atom stereocenters. The van der Waals surface area contributed by atoms with E-state index in [-0.39, 0.29) is 6.54 Å². The first-order chi connectivity index (χ1) is 11.7. The van der Waals surface area contributed by atoms with E-state index in [0.29, 0.717) is 11.4 Å². The average molecular weight is 322 g/mol. The molecule has 0 atom stereocenters. The minimum atomic E-state index is -0.698. The van der Waals surface area contributed by atoms with Crippen LogP contribution in [-0.4, -0.2) is 21.8 Å². The molecule has 120 valence electrons. The fraction of sp³-hybridized carbons (Fsp3) is 0.0588. The van der Waals surface area contributed by atoms with Crippen LogP contribution in [0.2, 0.25) is 0 Å². The summed E-state index contributed by atoms with van der Waals surface area (Å²) in [5, 5.41) is 7.59. The van der Waals surface area contributed by atoms with Gasteiger partial charge in [-0.05, 0) is 5.56 Å². The summed E-state index contributed by atoms with van der Waals surface area (Å²) in [5.41, 5.74) is 3.91. The number of nitrogens with one attached hydrogen (secondary N) is 1. The minimum Gasteiger partial charge on any atom is -0.295 e. The molecule has 24 heavy (non-hydrogen) atoms. The molecule has 0 aliphatic heterocycles. The third-order valence-electron chi connectivity index (χ3n) is 3.22. The second kappa shape index (κ2) is 7.19. The molecule has 0 aliphatic rings. The van der Waals surface area contributed by atoms with Gasteiger partial charge in [0.1, 0.15) is 6.54 Å². The van der Waals surface area contributed by atoms with Crippen molar-refractivity contribution in [2.45, 2.75) is 6.54 Å². The lowest BCUT2D eigenvalue weighted by Crippen LogP contribution is -2.28. The first-order valence-electron chi connectivity index (χ1n) is 7.23. The van der Waals surface area contributed by atoms with Crippen molar-refractivity contribution in [1.82, 2.24) is 15.1 Å². The van der Waals surface area contributed by atoms with E-state index in [9.17, 15) is 9.59 Å². The van der Waals surface area contributed by atoms with Gasteiger partial charge in [-0.25, -0.2) is 14.8 Å². The third kappa shape index (κ3) is 3.64. The van der Waals surface area contributed by atoms with Crippen LogP contribution in [0.3, 0.4) is 0 Å². The van der Waals surface area contributed by atoms with Gasteiger partial charge in [-0.15, -0.1) is 0 Å². The van der Waals surface area contributed by atoms with E-state index in [2.05, 4.69) is 20.2 Å². The van der Waals surface area contributed by atoms with Gasteiger partial charge in [0.25, 0.3) is 5.91 Å². The monoisotopic (exact) mass is 322 g/mol. The zero-order chi connectivity index (χ0) is 16.8. The van der Waals surface area contributed by atoms with Gasteiger partial charge in [-0.1, -0.05) is 65.8 Å². The Hall–Kier alpha value is -3.48. The van der Waals surface area contributed by atoms with E-state index in [1.807, 2.05) is 48.5 Å². The number of nitrogens with zero attached hydrogens (tertiary/aromatic N) is 3. The maximum absolute atomic E-state index is 12.0. The van der Waals surface area contributed by atoms with Gasteiger partial charge in [-0.3, -0.25) is 9.32 Å². The molecule has 1 aromatic heterocycles. The van der Waals surface area contributed by atoms with E-state index in [0.717, 1.165) is 10.1 Å². The SMILES string of the molecule is O=C(Cn1c(-c2ccccc2)noc1=O)N/N=C/c1ccccc1. The molecule has 0 saturated heterocycles. The summed E-state index contributed by atoms with van der Waals surface area (Å²) in [6.07, 6.45) is 1.52. The van der Waals surface area contributed by atoms with Crippen LogP contribution in [-0.2, 0) is 11.3 Å². The number of aromatic nitrogens is 2. The molecule has 0 bridgehead atoms. The summed E-state index contributed by atoms with van der Waals surface area (Å²) in [6.45, 7) is -0.237. The Morgan fingerprint density at radius 3 is 2.50 bits per heavy atom. The van der Waals surface area contributed by atoms with Crippen LogP contribution in [0, 0.1) is 0 Å². The summed E-state index contributed by atoms with van der Waals surface area (Å²) in [5.74, 6) is -0.858. The summed E-state index contributed by atoms with van der Waals surface area (Å²) in [6, 6.07) is 18.3. The molecular weight excluding hydrogens is 308 g/mol. The molecule has 7 nitrogen and oxygen atoms in total. The zero-order valence-electron chi connectivity index (χ0n) is 12.6. The predicted octanol–water partition coefficient (Wildman–Crippen LogP) is 1.65. The van der Waals surface area contributed by atoms with Crippen LogP contribution in [0.4, 0.5) is 0 Å². The highest BCUT2D eigenvalue weighted by Gasteiger charge is 2.15. The molecule has 0 saturated carbocycles. The van der Waals surface area contributed by atoms with Gasteiger partial charge in [0, 0.05) is 5.56 Å². The molecule has 0 radical (unpaired) electrons. The second-order valence-corrected chi connectivity index (χ2v) is 4.93. The van der Waals surface area contributed by atoms with E-state index < -0.39 is 11.7 Å². The molecule has 1 amide bonds. The third-order valence-corrected chi connectivity index (χ3v) is 3.22. The molecule has 1 N–H and O–H groups in total. The topological polar surface area (TPSA) is 89.5 Å².